The standard InChI is InChI=1S/C12H11BrFN3O/c1-6-3-9(13)10(14)4-11(6)16-12(18)8-5-15-17-7(8)2/h3-5H,1-2H3,(H,15,17)(H,16,18). The molecule has 0 saturated carbocycles. The molecular formula is C12H11BrFN3O. The highest BCUT2D eigenvalue weighted by molar-refractivity contribution is 9.10. The molecule has 0 aliphatic heterocycles. The number of aromatic nitrogens is 2. The highest BCUT2D eigenvalue weighted by Crippen LogP contribution is 2.24. The highest BCUT2D eigenvalue weighted by Gasteiger charge is 2.13. The molecule has 6 heteroatoms. The van der Waals surface area contributed by atoms with E-state index in [9.17, 15) is 9.18 Å². The molecule has 1 aromatic carbocycles. The van der Waals surface area contributed by atoms with E-state index >= 15 is 0 Å². The molecule has 0 aliphatic carbocycles. The van der Waals surface area contributed by atoms with E-state index in [0.717, 1.165) is 5.56 Å². The minimum absolute atomic E-state index is 0.314. The van der Waals surface area contributed by atoms with Crippen molar-refractivity contribution in [1.29, 1.82) is 0 Å². The molecule has 1 heterocycles. The van der Waals surface area contributed by atoms with Gasteiger partial charge in [-0.05, 0) is 47.5 Å². The van der Waals surface area contributed by atoms with Crippen LogP contribution in [0.3, 0.4) is 0 Å². The van der Waals surface area contributed by atoms with E-state index in [0.29, 0.717) is 21.4 Å². The molecule has 0 saturated heterocycles. The lowest BCUT2D eigenvalue weighted by molar-refractivity contribution is 0.102. The van der Waals surface area contributed by atoms with E-state index in [1.54, 1.807) is 19.9 Å². The molecule has 94 valence electrons. The molecule has 2 rings (SSSR count). The molecule has 0 atom stereocenters. The normalized spacial score (nSPS) is 10.4. The number of rotatable bonds is 2. The van der Waals surface area contributed by atoms with Crippen molar-refractivity contribution >= 4 is 27.5 Å². The molecule has 0 spiro atoms. The second-order valence-electron chi connectivity index (χ2n) is 3.94. The third-order valence-corrected chi connectivity index (χ3v) is 3.20. The van der Waals surface area contributed by atoms with Gasteiger partial charge >= 0.3 is 0 Å². The van der Waals surface area contributed by atoms with Crippen molar-refractivity contribution in [2.75, 3.05) is 5.32 Å². The van der Waals surface area contributed by atoms with Crippen molar-refractivity contribution in [3.05, 3.63) is 45.4 Å². The maximum atomic E-state index is 13.4. The summed E-state index contributed by atoms with van der Waals surface area (Å²) < 4.78 is 13.8. The zero-order valence-corrected chi connectivity index (χ0v) is 11.4. The predicted octanol–water partition coefficient (Wildman–Crippen LogP) is 3.18. The number of nitrogens with one attached hydrogen (secondary N) is 2. The maximum absolute atomic E-state index is 13.4. The SMILES string of the molecule is Cc1cc(Br)c(F)cc1NC(=O)c1cn[nH]c1C. The van der Waals surface area contributed by atoms with Crippen LogP contribution in [0.2, 0.25) is 0 Å². The average molecular weight is 312 g/mol. The first-order valence-electron chi connectivity index (χ1n) is 5.26. The Bertz CT molecular complexity index is 609. The molecule has 0 unspecified atom stereocenters. The van der Waals surface area contributed by atoms with Gasteiger partial charge in [0, 0.05) is 11.4 Å². The first-order valence-corrected chi connectivity index (χ1v) is 6.05. The van der Waals surface area contributed by atoms with E-state index in [-0.39, 0.29) is 5.91 Å². The number of carbonyl (C=O) groups is 1. The number of hydrogen-bond donors (Lipinski definition) is 2. The van der Waals surface area contributed by atoms with Crippen LogP contribution in [0, 0.1) is 19.7 Å². The zero-order valence-electron chi connectivity index (χ0n) is 9.84. The molecule has 2 aromatic rings. The van der Waals surface area contributed by atoms with Crippen molar-refractivity contribution in [1.82, 2.24) is 10.2 Å². The summed E-state index contributed by atoms with van der Waals surface area (Å²) in [6.07, 6.45) is 1.44. The first-order chi connectivity index (χ1) is 8.49. The van der Waals surface area contributed by atoms with Crippen molar-refractivity contribution < 1.29 is 9.18 Å². The van der Waals surface area contributed by atoms with Crippen LogP contribution in [-0.4, -0.2) is 16.1 Å². The number of amides is 1. The monoisotopic (exact) mass is 311 g/mol. The lowest BCUT2D eigenvalue weighted by atomic mass is 10.2. The fourth-order valence-corrected chi connectivity index (χ4v) is 2.01. The Morgan fingerprint density at radius 2 is 2.17 bits per heavy atom. The third kappa shape index (κ3) is 2.43. The Balaban J connectivity index is 2.28. The predicted molar refractivity (Wildman–Crippen MR) is 70.1 cm³/mol. The summed E-state index contributed by atoms with van der Waals surface area (Å²) in [6.45, 7) is 3.54. The summed E-state index contributed by atoms with van der Waals surface area (Å²) >= 11 is 3.09. The molecule has 18 heavy (non-hydrogen) atoms. The summed E-state index contributed by atoms with van der Waals surface area (Å²) in [4.78, 5) is 11.9. The van der Waals surface area contributed by atoms with Crippen LogP contribution in [0.25, 0.3) is 0 Å². The topological polar surface area (TPSA) is 57.8 Å². The van der Waals surface area contributed by atoms with E-state index in [2.05, 4.69) is 31.4 Å². The minimum Gasteiger partial charge on any atom is -0.322 e. The second-order valence-corrected chi connectivity index (χ2v) is 4.80. The maximum Gasteiger partial charge on any atom is 0.259 e. The van der Waals surface area contributed by atoms with E-state index in [1.165, 1.54) is 12.3 Å². The Morgan fingerprint density at radius 3 is 2.78 bits per heavy atom. The van der Waals surface area contributed by atoms with Gasteiger partial charge in [-0.25, -0.2) is 4.39 Å². The smallest absolute Gasteiger partial charge is 0.259 e. The number of hydrogen-bond acceptors (Lipinski definition) is 2. The highest BCUT2D eigenvalue weighted by atomic mass is 79.9. The van der Waals surface area contributed by atoms with Crippen molar-refractivity contribution in [3.63, 3.8) is 0 Å². The van der Waals surface area contributed by atoms with Gasteiger partial charge in [0.1, 0.15) is 5.82 Å². The van der Waals surface area contributed by atoms with Gasteiger partial charge in [0.05, 0.1) is 16.2 Å². The number of aromatic amines is 1. The van der Waals surface area contributed by atoms with E-state index < -0.39 is 5.82 Å². The third-order valence-electron chi connectivity index (χ3n) is 2.59. The van der Waals surface area contributed by atoms with Crippen LogP contribution in [-0.2, 0) is 0 Å². The number of benzene rings is 1. The molecular weight excluding hydrogens is 301 g/mol. The van der Waals surface area contributed by atoms with Crippen molar-refractivity contribution in [2.24, 2.45) is 0 Å². The largest absolute Gasteiger partial charge is 0.322 e. The van der Waals surface area contributed by atoms with Gasteiger partial charge in [-0.2, -0.15) is 5.10 Å². The van der Waals surface area contributed by atoms with Gasteiger partial charge in [0.15, 0.2) is 0 Å². The molecule has 4 nitrogen and oxygen atoms in total. The van der Waals surface area contributed by atoms with Crippen LogP contribution < -0.4 is 5.32 Å². The van der Waals surface area contributed by atoms with Crippen LogP contribution in [0.15, 0.2) is 22.8 Å². The molecule has 2 N–H and O–H groups in total. The van der Waals surface area contributed by atoms with Crippen LogP contribution in [0.1, 0.15) is 21.6 Å². The van der Waals surface area contributed by atoms with Crippen molar-refractivity contribution in [2.45, 2.75) is 13.8 Å². The molecule has 1 aromatic heterocycles. The molecule has 1 amide bonds. The number of H-pyrrole nitrogens is 1. The summed E-state index contributed by atoms with van der Waals surface area (Å²) in [5.41, 5.74) is 2.33. The molecule has 0 bridgehead atoms. The fraction of sp³-hybridized carbons (Fsp3) is 0.167. The average Bonchev–Trinajstić information content (AvgIpc) is 2.72. The number of anilines is 1. The molecule has 0 aliphatic rings. The van der Waals surface area contributed by atoms with Crippen LogP contribution in [0.5, 0.6) is 0 Å². The number of nitrogens with zero attached hydrogens (tertiary/aromatic N) is 1. The van der Waals surface area contributed by atoms with Gasteiger partial charge < -0.3 is 5.32 Å². The van der Waals surface area contributed by atoms with E-state index in [1.807, 2.05) is 0 Å². The van der Waals surface area contributed by atoms with Gasteiger partial charge in [0.25, 0.3) is 5.91 Å². The number of halogens is 2. The fourth-order valence-electron chi connectivity index (χ4n) is 1.55. The van der Waals surface area contributed by atoms with Gasteiger partial charge in [-0.1, -0.05) is 0 Å². The zero-order chi connectivity index (χ0) is 13.3. The summed E-state index contributed by atoms with van der Waals surface area (Å²) in [7, 11) is 0. The number of aryl methyl sites for hydroxylation is 2. The van der Waals surface area contributed by atoms with Gasteiger partial charge in [-0.15, -0.1) is 0 Å². The quantitative estimate of drug-likeness (QED) is 0.895. The Kier molecular flexibility index (Phi) is 3.47. The minimum atomic E-state index is -0.417. The molecule has 0 fully saturated rings. The lowest BCUT2D eigenvalue weighted by Crippen LogP contribution is -2.13. The lowest BCUT2D eigenvalue weighted by Gasteiger charge is -2.09. The Hall–Kier alpha value is -1.69. The summed E-state index contributed by atoms with van der Waals surface area (Å²) in [5.74, 6) is -0.731. The number of carbonyl (C=O) groups excluding carboxylic acids is 1. The summed E-state index contributed by atoms with van der Waals surface area (Å²) in [5, 5.41) is 9.11. The van der Waals surface area contributed by atoms with E-state index in [4.69, 9.17) is 0 Å². The van der Waals surface area contributed by atoms with Crippen molar-refractivity contribution in [3.8, 4) is 0 Å². The summed E-state index contributed by atoms with van der Waals surface area (Å²) in [6, 6.07) is 2.90. The second kappa shape index (κ2) is 4.89. The molecule has 0 radical (unpaired) electrons. The van der Waals surface area contributed by atoms with Crippen LogP contribution in [0.4, 0.5) is 10.1 Å². The Morgan fingerprint density at radius 1 is 1.44 bits per heavy atom. The van der Waals surface area contributed by atoms with Crippen LogP contribution >= 0.6 is 15.9 Å². The van der Waals surface area contributed by atoms with Gasteiger partial charge in [-0.3, -0.25) is 9.89 Å². The first kappa shape index (κ1) is 12.8. The Labute approximate surface area is 112 Å². The van der Waals surface area contributed by atoms with Gasteiger partial charge in [0.2, 0.25) is 0 Å².